The third-order valence-corrected chi connectivity index (χ3v) is 4.42. The van der Waals surface area contributed by atoms with Gasteiger partial charge in [-0.05, 0) is 38.0 Å². The first-order chi connectivity index (χ1) is 9.00. The molecule has 2 rings (SSSR count). The van der Waals surface area contributed by atoms with Crippen molar-refractivity contribution in [3.8, 4) is 0 Å². The lowest BCUT2D eigenvalue weighted by atomic mass is 10.2. The van der Waals surface area contributed by atoms with E-state index in [4.69, 9.17) is 14.6 Å². The molecule has 2 atom stereocenters. The van der Waals surface area contributed by atoms with Crippen molar-refractivity contribution in [2.24, 2.45) is 0 Å². The van der Waals surface area contributed by atoms with Crippen LogP contribution in [0.2, 0.25) is 0 Å². The van der Waals surface area contributed by atoms with Crippen LogP contribution in [0.4, 0.5) is 0 Å². The number of thioether (sulfide) groups is 1. The Morgan fingerprint density at radius 2 is 2.05 bits per heavy atom. The van der Waals surface area contributed by atoms with Gasteiger partial charge in [-0.2, -0.15) is 0 Å². The molecule has 1 aromatic carbocycles. The Hall–Kier alpha value is -0.550. The molecule has 0 spiro atoms. The molecule has 0 aromatic heterocycles. The Labute approximate surface area is 119 Å². The van der Waals surface area contributed by atoms with Crippen LogP contribution >= 0.6 is 11.8 Å². The number of aliphatic hydroxyl groups is 1. The molecule has 1 heterocycles. The minimum absolute atomic E-state index is 0.136. The first-order valence-electron chi connectivity index (χ1n) is 6.68. The van der Waals surface area contributed by atoms with E-state index in [0.29, 0.717) is 18.3 Å². The Balaban J connectivity index is 1.90. The molecule has 1 fully saturated rings. The molecule has 1 aliphatic heterocycles. The number of hydrogen-bond donors (Lipinski definition) is 1. The van der Waals surface area contributed by atoms with E-state index in [1.807, 2.05) is 13.8 Å². The smallest absolute Gasteiger partial charge is 0.163 e. The van der Waals surface area contributed by atoms with Gasteiger partial charge in [-0.1, -0.05) is 19.1 Å². The van der Waals surface area contributed by atoms with E-state index in [-0.39, 0.29) is 12.7 Å². The summed E-state index contributed by atoms with van der Waals surface area (Å²) >= 11 is 1.80. The minimum Gasteiger partial charge on any atom is -0.396 e. The zero-order valence-corrected chi connectivity index (χ0v) is 12.6. The summed E-state index contributed by atoms with van der Waals surface area (Å²) < 4.78 is 11.5. The summed E-state index contributed by atoms with van der Waals surface area (Å²) in [5.74, 6) is -0.454. The maximum absolute atomic E-state index is 8.89. The molecule has 4 heteroatoms. The molecule has 19 heavy (non-hydrogen) atoms. The zero-order valence-electron chi connectivity index (χ0n) is 11.8. The van der Waals surface area contributed by atoms with E-state index >= 15 is 0 Å². The number of rotatable bonds is 5. The molecule has 1 aromatic rings. The third-order valence-electron chi connectivity index (χ3n) is 3.20. The van der Waals surface area contributed by atoms with Crippen LogP contribution < -0.4 is 0 Å². The van der Waals surface area contributed by atoms with Crippen LogP contribution in [-0.4, -0.2) is 35.5 Å². The van der Waals surface area contributed by atoms with Gasteiger partial charge in [-0.3, -0.25) is 0 Å². The fourth-order valence-electron chi connectivity index (χ4n) is 2.10. The number of hydrogen-bond acceptors (Lipinski definition) is 4. The van der Waals surface area contributed by atoms with E-state index < -0.39 is 5.79 Å². The molecule has 1 saturated heterocycles. The highest BCUT2D eigenvalue weighted by molar-refractivity contribution is 8.00. The topological polar surface area (TPSA) is 38.7 Å². The van der Waals surface area contributed by atoms with Gasteiger partial charge < -0.3 is 14.6 Å². The van der Waals surface area contributed by atoms with Gasteiger partial charge >= 0.3 is 0 Å². The van der Waals surface area contributed by atoms with Crippen LogP contribution in [0.3, 0.4) is 0 Å². The van der Waals surface area contributed by atoms with Crippen LogP contribution in [0.25, 0.3) is 0 Å². The molecule has 0 aliphatic carbocycles. The quantitative estimate of drug-likeness (QED) is 0.843. The van der Waals surface area contributed by atoms with Gasteiger partial charge in [0.1, 0.15) is 0 Å². The van der Waals surface area contributed by atoms with Crippen molar-refractivity contribution < 1.29 is 14.6 Å². The number of ether oxygens (including phenoxy) is 2. The molecular weight excluding hydrogens is 260 g/mol. The van der Waals surface area contributed by atoms with Crippen molar-refractivity contribution in [3.05, 3.63) is 29.8 Å². The number of aliphatic hydroxyl groups excluding tert-OH is 1. The molecule has 1 aliphatic rings. The van der Waals surface area contributed by atoms with Crippen molar-refractivity contribution in [3.63, 3.8) is 0 Å². The van der Waals surface area contributed by atoms with Crippen molar-refractivity contribution in [2.45, 2.75) is 49.2 Å². The monoisotopic (exact) mass is 282 g/mol. The Bertz CT molecular complexity index is 402. The van der Waals surface area contributed by atoms with Crippen LogP contribution in [0.15, 0.2) is 29.2 Å². The summed E-state index contributed by atoms with van der Waals surface area (Å²) in [4.78, 5) is 1.22. The molecule has 3 nitrogen and oxygen atoms in total. The first-order valence-corrected chi connectivity index (χ1v) is 7.56. The van der Waals surface area contributed by atoms with Crippen molar-refractivity contribution in [2.75, 3.05) is 13.2 Å². The normalized spacial score (nSPS) is 23.5. The molecule has 0 radical (unpaired) electrons. The molecule has 1 N–H and O–H groups in total. The largest absolute Gasteiger partial charge is 0.396 e. The van der Waals surface area contributed by atoms with E-state index in [0.717, 1.165) is 0 Å². The Kier molecular flexibility index (Phi) is 4.90. The maximum Gasteiger partial charge on any atom is 0.163 e. The van der Waals surface area contributed by atoms with E-state index in [1.54, 1.807) is 11.8 Å². The van der Waals surface area contributed by atoms with Gasteiger partial charge in [0, 0.05) is 16.8 Å². The molecule has 106 valence electrons. The van der Waals surface area contributed by atoms with Gasteiger partial charge in [0.25, 0.3) is 0 Å². The van der Waals surface area contributed by atoms with Crippen LogP contribution in [0.5, 0.6) is 0 Å². The average molecular weight is 282 g/mol. The predicted octanol–water partition coefficient (Wildman–Crippen LogP) is 2.85. The number of benzene rings is 1. The average Bonchev–Trinajstić information content (AvgIpc) is 2.73. The summed E-state index contributed by atoms with van der Waals surface area (Å²) in [7, 11) is 0. The lowest BCUT2D eigenvalue weighted by Gasteiger charge is -2.21. The van der Waals surface area contributed by atoms with E-state index in [2.05, 4.69) is 31.2 Å². The van der Waals surface area contributed by atoms with Crippen LogP contribution in [0, 0.1) is 0 Å². The van der Waals surface area contributed by atoms with Crippen molar-refractivity contribution >= 4 is 11.8 Å². The minimum atomic E-state index is -0.454. The third kappa shape index (κ3) is 4.21. The molecule has 0 saturated carbocycles. The second-order valence-electron chi connectivity index (χ2n) is 5.31. The maximum atomic E-state index is 8.89. The summed E-state index contributed by atoms with van der Waals surface area (Å²) in [6.45, 7) is 6.93. The van der Waals surface area contributed by atoms with Gasteiger partial charge in [0.2, 0.25) is 0 Å². The van der Waals surface area contributed by atoms with Crippen molar-refractivity contribution in [1.29, 1.82) is 0 Å². The highest BCUT2D eigenvalue weighted by Gasteiger charge is 2.35. The second-order valence-corrected chi connectivity index (χ2v) is 6.76. The highest BCUT2D eigenvalue weighted by Crippen LogP contribution is 2.32. The highest BCUT2D eigenvalue weighted by atomic mass is 32.2. The summed E-state index contributed by atoms with van der Waals surface area (Å²) in [6.07, 6.45) is 0.853. The Morgan fingerprint density at radius 3 is 2.58 bits per heavy atom. The van der Waals surface area contributed by atoms with Gasteiger partial charge in [-0.15, -0.1) is 11.8 Å². The molecular formula is C15H22O3S. The van der Waals surface area contributed by atoms with Gasteiger partial charge in [0.15, 0.2) is 5.79 Å². The second kappa shape index (κ2) is 6.27. The van der Waals surface area contributed by atoms with Gasteiger partial charge in [-0.25, -0.2) is 0 Å². The van der Waals surface area contributed by atoms with E-state index in [9.17, 15) is 0 Å². The van der Waals surface area contributed by atoms with E-state index in [1.165, 1.54) is 10.5 Å². The fourth-order valence-corrected chi connectivity index (χ4v) is 3.11. The lowest BCUT2D eigenvalue weighted by molar-refractivity contribution is -0.137. The summed E-state index contributed by atoms with van der Waals surface area (Å²) in [6, 6.07) is 8.35. The van der Waals surface area contributed by atoms with Gasteiger partial charge in [0.05, 0.1) is 12.7 Å². The first kappa shape index (κ1) is 14.9. The predicted molar refractivity (Wildman–Crippen MR) is 77.5 cm³/mol. The standard InChI is InChI=1S/C15H22O3S/c1-11(14-10-17-15(2,3)18-14)19-13-6-4-12(5-7-13)8-9-16/h4-7,11,14,16H,8-10H2,1-3H3. The molecule has 0 amide bonds. The van der Waals surface area contributed by atoms with Crippen LogP contribution in [0.1, 0.15) is 26.3 Å². The summed E-state index contributed by atoms with van der Waals surface area (Å²) in [5, 5.41) is 9.24. The molecule has 0 bridgehead atoms. The van der Waals surface area contributed by atoms with Crippen molar-refractivity contribution in [1.82, 2.24) is 0 Å². The zero-order chi connectivity index (χ0) is 13.9. The molecule has 2 unspecified atom stereocenters. The summed E-state index contributed by atoms with van der Waals surface area (Å²) in [5.41, 5.74) is 1.17. The Morgan fingerprint density at radius 1 is 1.37 bits per heavy atom. The fraction of sp³-hybridized carbons (Fsp3) is 0.600. The lowest BCUT2D eigenvalue weighted by Crippen LogP contribution is -2.26. The SMILES string of the molecule is CC(Sc1ccc(CCO)cc1)C1COC(C)(C)O1. The van der Waals surface area contributed by atoms with Crippen LogP contribution in [-0.2, 0) is 15.9 Å².